The average Bonchev–Trinajstić information content (AvgIpc) is 2.38. The van der Waals surface area contributed by atoms with Crippen molar-refractivity contribution in [2.24, 2.45) is 5.73 Å². The van der Waals surface area contributed by atoms with Crippen molar-refractivity contribution >= 4 is 25.7 Å². The van der Waals surface area contributed by atoms with Crippen molar-refractivity contribution in [2.45, 2.75) is 26.0 Å². The molecule has 0 fully saturated rings. The molecule has 0 amide bonds. The second-order valence-electron chi connectivity index (χ2n) is 4.04. The SMILES string of the molecule is CC(=O)OCC(COC(C)=O)OP(=O)(O)OCC(N)C(=O)O. The zero-order valence-electron chi connectivity index (χ0n) is 12.0. The van der Waals surface area contributed by atoms with Crippen LogP contribution in [0.25, 0.3) is 0 Å². The molecule has 0 aliphatic rings. The summed E-state index contributed by atoms with van der Waals surface area (Å²) in [5, 5.41) is 8.52. The summed E-state index contributed by atoms with van der Waals surface area (Å²) in [6, 6.07) is -1.52. The van der Waals surface area contributed by atoms with Gasteiger partial charge in [-0.3, -0.25) is 23.4 Å². The number of ether oxygens (including phenoxy) is 2. The van der Waals surface area contributed by atoms with E-state index in [1.165, 1.54) is 0 Å². The molecule has 0 aromatic heterocycles. The molecule has 0 saturated heterocycles. The van der Waals surface area contributed by atoms with E-state index in [0.29, 0.717) is 0 Å². The molecule has 0 spiro atoms. The van der Waals surface area contributed by atoms with Crippen molar-refractivity contribution in [3.8, 4) is 0 Å². The Morgan fingerprint density at radius 3 is 1.91 bits per heavy atom. The van der Waals surface area contributed by atoms with E-state index in [9.17, 15) is 23.8 Å². The quantitative estimate of drug-likeness (QED) is 0.329. The Bertz CT molecular complexity index is 435. The molecule has 22 heavy (non-hydrogen) atoms. The lowest BCUT2D eigenvalue weighted by Gasteiger charge is -2.20. The molecule has 11 nitrogen and oxygen atoms in total. The second kappa shape index (κ2) is 9.49. The fourth-order valence-electron chi connectivity index (χ4n) is 0.994. The Hall–Kier alpha value is -1.52. The predicted molar refractivity (Wildman–Crippen MR) is 69.5 cm³/mol. The van der Waals surface area contributed by atoms with Gasteiger partial charge in [-0.05, 0) is 0 Å². The van der Waals surface area contributed by atoms with Gasteiger partial charge in [-0.15, -0.1) is 0 Å². The van der Waals surface area contributed by atoms with E-state index in [-0.39, 0.29) is 0 Å². The minimum absolute atomic E-state index is 0.471. The standard InChI is InChI=1S/C10H18NO10P/c1-6(12)18-3-8(4-19-7(2)13)21-22(16,17)20-5-9(11)10(14)15/h8-9H,3-5,11H2,1-2H3,(H,14,15)(H,16,17). The third-order valence-corrected chi connectivity index (χ3v) is 3.00. The van der Waals surface area contributed by atoms with Gasteiger partial charge in [0.2, 0.25) is 0 Å². The molecule has 2 atom stereocenters. The first-order valence-electron chi connectivity index (χ1n) is 5.94. The predicted octanol–water partition coefficient (Wildman–Crippen LogP) is -0.973. The lowest BCUT2D eigenvalue weighted by atomic mass is 10.3. The summed E-state index contributed by atoms with van der Waals surface area (Å²) in [6.07, 6.45) is -1.27. The maximum atomic E-state index is 11.6. The zero-order chi connectivity index (χ0) is 17.3. The number of phosphoric acid groups is 1. The molecule has 12 heteroatoms. The fourth-order valence-corrected chi connectivity index (χ4v) is 1.90. The first-order valence-corrected chi connectivity index (χ1v) is 7.44. The third kappa shape index (κ3) is 10.2. The van der Waals surface area contributed by atoms with Crippen molar-refractivity contribution in [1.82, 2.24) is 0 Å². The summed E-state index contributed by atoms with van der Waals surface area (Å²) in [6.45, 7) is 0.480. The Kier molecular flexibility index (Phi) is 8.83. The van der Waals surface area contributed by atoms with Crippen molar-refractivity contribution in [3.05, 3.63) is 0 Å². The molecular formula is C10H18NO10P. The highest BCUT2D eigenvalue weighted by Crippen LogP contribution is 2.44. The molecule has 4 N–H and O–H groups in total. The van der Waals surface area contributed by atoms with E-state index in [1.54, 1.807) is 0 Å². The van der Waals surface area contributed by atoms with Crippen molar-refractivity contribution in [2.75, 3.05) is 19.8 Å². The van der Waals surface area contributed by atoms with Crippen LogP contribution in [0.4, 0.5) is 0 Å². The third-order valence-electron chi connectivity index (χ3n) is 1.96. The van der Waals surface area contributed by atoms with Gasteiger partial charge in [0.1, 0.15) is 25.4 Å². The van der Waals surface area contributed by atoms with Crippen LogP contribution in [0.15, 0.2) is 0 Å². The summed E-state index contributed by atoms with van der Waals surface area (Å²) in [7, 11) is -4.69. The van der Waals surface area contributed by atoms with E-state index in [2.05, 4.69) is 18.5 Å². The molecule has 0 aromatic carbocycles. The van der Waals surface area contributed by atoms with Crippen LogP contribution < -0.4 is 5.73 Å². The van der Waals surface area contributed by atoms with Crippen molar-refractivity contribution in [1.29, 1.82) is 0 Å². The van der Waals surface area contributed by atoms with Gasteiger partial charge in [0.05, 0.1) is 6.61 Å². The summed E-state index contributed by atoms with van der Waals surface area (Å²) in [4.78, 5) is 41.3. The number of carbonyl (C=O) groups is 3. The number of aliphatic carboxylic acids is 1. The molecule has 0 aliphatic heterocycles. The number of carboxylic acids is 1. The molecular weight excluding hydrogens is 325 g/mol. The van der Waals surface area contributed by atoms with Gasteiger partial charge < -0.3 is 25.2 Å². The normalized spacial score (nSPS) is 15.0. The molecule has 2 unspecified atom stereocenters. The van der Waals surface area contributed by atoms with Crippen LogP contribution in [0.2, 0.25) is 0 Å². The largest absolute Gasteiger partial charge is 0.480 e. The van der Waals surface area contributed by atoms with Crippen LogP contribution in [-0.2, 0) is 37.5 Å². The summed E-state index contributed by atoms with van der Waals surface area (Å²) in [5.41, 5.74) is 5.10. The molecule has 0 radical (unpaired) electrons. The van der Waals surface area contributed by atoms with E-state index in [1.807, 2.05) is 0 Å². The maximum Gasteiger partial charge on any atom is 0.472 e. The average molecular weight is 343 g/mol. The molecule has 0 heterocycles. The lowest BCUT2D eigenvalue weighted by molar-refractivity contribution is -0.149. The first kappa shape index (κ1) is 20.5. The highest BCUT2D eigenvalue weighted by Gasteiger charge is 2.30. The minimum Gasteiger partial charge on any atom is -0.480 e. The number of rotatable bonds is 10. The summed E-state index contributed by atoms with van der Waals surface area (Å²) in [5.74, 6) is -2.80. The van der Waals surface area contributed by atoms with E-state index in [0.717, 1.165) is 13.8 Å². The van der Waals surface area contributed by atoms with Gasteiger partial charge in [0, 0.05) is 13.8 Å². The molecule has 128 valence electrons. The van der Waals surface area contributed by atoms with Gasteiger partial charge in [0.15, 0.2) is 0 Å². The highest BCUT2D eigenvalue weighted by molar-refractivity contribution is 7.47. The van der Waals surface area contributed by atoms with E-state index in [4.69, 9.17) is 10.8 Å². The van der Waals surface area contributed by atoms with E-state index < -0.39 is 57.7 Å². The van der Waals surface area contributed by atoms with Crippen LogP contribution in [0.5, 0.6) is 0 Å². The number of carbonyl (C=O) groups excluding carboxylic acids is 2. The zero-order valence-corrected chi connectivity index (χ0v) is 12.9. The number of esters is 2. The Morgan fingerprint density at radius 1 is 1.09 bits per heavy atom. The van der Waals surface area contributed by atoms with Crippen LogP contribution in [0, 0.1) is 0 Å². The molecule has 0 aromatic rings. The smallest absolute Gasteiger partial charge is 0.472 e. The number of hydrogen-bond acceptors (Lipinski definition) is 9. The van der Waals surface area contributed by atoms with Crippen LogP contribution in [0.3, 0.4) is 0 Å². The Balaban J connectivity index is 4.57. The van der Waals surface area contributed by atoms with Crippen LogP contribution in [0.1, 0.15) is 13.8 Å². The molecule has 0 saturated carbocycles. The molecule has 0 bridgehead atoms. The maximum absolute atomic E-state index is 11.6. The van der Waals surface area contributed by atoms with Gasteiger partial charge in [-0.1, -0.05) is 0 Å². The molecule has 0 rings (SSSR count). The monoisotopic (exact) mass is 343 g/mol. The lowest BCUT2D eigenvalue weighted by Crippen LogP contribution is -2.35. The highest BCUT2D eigenvalue weighted by atomic mass is 31.2. The van der Waals surface area contributed by atoms with Gasteiger partial charge in [0.25, 0.3) is 0 Å². The first-order chi connectivity index (χ1) is 10.0. The van der Waals surface area contributed by atoms with Gasteiger partial charge >= 0.3 is 25.7 Å². The minimum atomic E-state index is -4.69. The number of nitrogens with two attached hydrogens (primary N) is 1. The Morgan fingerprint density at radius 2 is 1.55 bits per heavy atom. The second-order valence-corrected chi connectivity index (χ2v) is 5.45. The topological polar surface area (TPSA) is 172 Å². The van der Waals surface area contributed by atoms with Gasteiger partial charge in [-0.2, -0.15) is 0 Å². The number of phosphoric ester groups is 1. The van der Waals surface area contributed by atoms with Gasteiger partial charge in [-0.25, -0.2) is 4.57 Å². The molecule has 0 aliphatic carbocycles. The van der Waals surface area contributed by atoms with E-state index >= 15 is 0 Å². The number of carboxylic acid groups (broad SMARTS) is 1. The van der Waals surface area contributed by atoms with Crippen LogP contribution in [-0.4, -0.2) is 59.9 Å². The summed E-state index contributed by atoms with van der Waals surface area (Å²) < 4.78 is 29.8. The fraction of sp³-hybridized carbons (Fsp3) is 0.700. The number of hydrogen-bond donors (Lipinski definition) is 3. The van der Waals surface area contributed by atoms with Crippen molar-refractivity contribution < 1.29 is 47.5 Å². The van der Waals surface area contributed by atoms with Crippen LogP contribution >= 0.6 is 7.82 Å². The summed E-state index contributed by atoms with van der Waals surface area (Å²) >= 11 is 0. The van der Waals surface area contributed by atoms with Crippen molar-refractivity contribution in [3.63, 3.8) is 0 Å². The Labute approximate surface area is 125 Å².